The Morgan fingerprint density at radius 1 is 1.54 bits per heavy atom. The van der Waals surface area contributed by atoms with Crippen LogP contribution in [0.2, 0.25) is 0 Å². The third-order valence-corrected chi connectivity index (χ3v) is 1.44. The lowest BCUT2D eigenvalue weighted by molar-refractivity contribution is 0.0260. The first-order valence-electron chi connectivity index (χ1n) is 4.01. The van der Waals surface area contributed by atoms with E-state index in [9.17, 15) is 9.59 Å². The summed E-state index contributed by atoms with van der Waals surface area (Å²) in [5.41, 5.74) is -0.848. The van der Waals surface area contributed by atoms with Gasteiger partial charge in [-0.25, -0.2) is 4.79 Å². The Hall–Kier alpha value is -1.36. The molecule has 0 atom stereocenters. The van der Waals surface area contributed by atoms with Gasteiger partial charge >= 0.3 is 5.69 Å². The average Bonchev–Trinajstić information content (AvgIpc) is 2.02. The highest BCUT2D eigenvalue weighted by Crippen LogP contribution is 1.88. The summed E-state index contributed by atoms with van der Waals surface area (Å²) in [6, 6.07) is 1.28. The van der Waals surface area contributed by atoms with E-state index in [1.54, 1.807) is 0 Å². The van der Waals surface area contributed by atoms with Crippen molar-refractivity contribution in [1.29, 1.82) is 0 Å². The van der Waals surface area contributed by atoms with Crippen LogP contribution < -0.4 is 11.2 Å². The van der Waals surface area contributed by atoms with Crippen LogP contribution in [-0.2, 0) is 11.5 Å². The molecule has 5 nitrogen and oxygen atoms in total. The Labute approximate surface area is 75.0 Å². The SMILES string of the molecule is CC(C)OCn1ccc(=O)[nH]c1=O. The second-order valence-electron chi connectivity index (χ2n) is 2.92. The average molecular weight is 184 g/mol. The minimum Gasteiger partial charge on any atom is -0.358 e. The van der Waals surface area contributed by atoms with Gasteiger partial charge in [0.1, 0.15) is 6.73 Å². The van der Waals surface area contributed by atoms with Gasteiger partial charge in [-0.2, -0.15) is 0 Å². The first kappa shape index (κ1) is 9.73. The van der Waals surface area contributed by atoms with Crippen LogP contribution >= 0.6 is 0 Å². The summed E-state index contributed by atoms with van der Waals surface area (Å²) in [5.74, 6) is 0. The zero-order chi connectivity index (χ0) is 9.84. The van der Waals surface area contributed by atoms with Crippen molar-refractivity contribution < 1.29 is 4.74 Å². The zero-order valence-corrected chi connectivity index (χ0v) is 7.61. The van der Waals surface area contributed by atoms with Gasteiger partial charge in [0.05, 0.1) is 6.10 Å². The summed E-state index contributed by atoms with van der Waals surface area (Å²) in [5, 5.41) is 0. The molecule has 0 radical (unpaired) electrons. The fourth-order valence-corrected chi connectivity index (χ4v) is 0.775. The van der Waals surface area contributed by atoms with Crippen LogP contribution in [0.15, 0.2) is 21.9 Å². The van der Waals surface area contributed by atoms with Gasteiger partial charge in [0, 0.05) is 12.3 Å². The molecular weight excluding hydrogens is 172 g/mol. The number of aromatic nitrogens is 2. The van der Waals surface area contributed by atoms with Crippen molar-refractivity contribution >= 4 is 0 Å². The Kier molecular flexibility index (Phi) is 3.02. The first-order valence-corrected chi connectivity index (χ1v) is 4.01. The molecule has 0 fully saturated rings. The number of rotatable bonds is 3. The number of aromatic amines is 1. The summed E-state index contributed by atoms with van der Waals surface area (Å²) in [6.07, 6.45) is 1.46. The van der Waals surface area contributed by atoms with Crippen LogP contribution in [0.4, 0.5) is 0 Å². The van der Waals surface area contributed by atoms with Crippen molar-refractivity contribution in [3.8, 4) is 0 Å². The lowest BCUT2D eigenvalue weighted by Crippen LogP contribution is -2.29. The molecule has 0 saturated heterocycles. The lowest BCUT2D eigenvalue weighted by atomic mass is 10.5. The summed E-state index contributed by atoms with van der Waals surface area (Å²) in [7, 11) is 0. The molecule has 0 aliphatic heterocycles. The van der Waals surface area contributed by atoms with E-state index in [2.05, 4.69) is 4.98 Å². The molecule has 1 rings (SSSR count). The number of nitrogens with one attached hydrogen (secondary N) is 1. The Balaban J connectivity index is 2.79. The van der Waals surface area contributed by atoms with Crippen molar-refractivity contribution in [2.24, 2.45) is 0 Å². The van der Waals surface area contributed by atoms with Crippen LogP contribution in [0.5, 0.6) is 0 Å². The second kappa shape index (κ2) is 4.04. The smallest absolute Gasteiger partial charge is 0.330 e. The van der Waals surface area contributed by atoms with E-state index in [0.29, 0.717) is 0 Å². The van der Waals surface area contributed by atoms with Crippen molar-refractivity contribution in [1.82, 2.24) is 9.55 Å². The van der Waals surface area contributed by atoms with Crippen molar-refractivity contribution in [2.45, 2.75) is 26.7 Å². The molecule has 0 aliphatic rings. The minimum absolute atomic E-state index is 0.0545. The maximum atomic E-state index is 11.1. The monoisotopic (exact) mass is 184 g/mol. The highest BCUT2D eigenvalue weighted by molar-refractivity contribution is 4.81. The molecule has 0 unspecified atom stereocenters. The van der Waals surface area contributed by atoms with Gasteiger partial charge in [-0.05, 0) is 13.8 Å². The van der Waals surface area contributed by atoms with E-state index in [-0.39, 0.29) is 12.8 Å². The maximum absolute atomic E-state index is 11.1. The molecule has 0 aromatic carbocycles. The third kappa shape index (κ3) is 2.87. The molecule has 0 amide bonds. The summed E-state index contributed by atoms with van der Waals surface area (Å²) < 4.78 is 6.48. The van der Waals surface area contributed by atoms with E-state index < -0.39 is 11.2 Å². The van der Waals surface area contributed by atoms with Gasteiger partial charge in [-0.3, -0.25) is 14.3 Å². The molecule has 13 heavy (non-hydrogen) atoms. The van der Waals surface area contributed by atoms with Crippen molar-refractivity contribution in [3.05, 3.63) is 33.1 Å². The molecule has 0 saturated carbocycles. The first-order chi connectivity index (χ1) is 6.09. The van der Waals surface area contributed by atoms with Crippen molar-refractivity contribution in [3.63, 3.8) is 0 Å². The Morgan fingerprint density at radius 3 is 2.77 bits per heavy atom. The Morgan fingerprint density at radius 2 is 2.23 bits per heavy atom. The summed E-state index contributed by atoms with van der Waals surface area (Å²) in [6.45, 7) is 3.90. The van der Waals surface area contributed by atoms with Crippen LogP contribution in [0.3, 0.4) is 0 Å². The van der Waals surface area contributed by atoms with Gasteiger partial charge < -0.3 is 4.74 Å². The molecule has 1 N–H and O–H groups in total. The number of hydrogen-bond acceptors (Lipinski definition) is 3. The number of hydrogen-bond donors (Lipinski definition) is 1. The minimum atomic E-state index is -0.451. The van der Waals surface area contributed by atoms with Crippen LogP contribution in [-0.4, -0.2) is 15.7 Å². The molecule has 1 aromatic heterocycles. The van der Waals surface area contributed by atoms with E-state index in [1.807, 2.05) is 13.8 Å². The second-order valence-corrected chi connectivity index (χ2v) is 2.92. The van der Waals surface area contributed by atoms with E-state index in [0.717, 1.165) is 0 Å². The van der Waals surface area contributed by atoms with Gasteiger partial charge in [0.25, 0.3) is 5.56 Å². The predicted octanol–water partition coefficient (Wildman–Crippen LogP) is -0.0809. The molecule has 0 bridgehead atoms. The van der Waals surface area contributed by atoms with Crippen molar-refractivity contribution in [2.75, 3.05) is 0 Å². The molecule has 5 heteroatoms. The summed E-state index contributed by atoms with van der Waals surface area (Å²) in [4.78, 5) is 23.9. The summed E-state index contributed by atoms with van der Waals surface area (Å²) >= 11 is 0. The number of H-pyrrole nitrogens is 1. The highest BCUT2D eigenvalue weighted by Gasteiger charge is 1.97. The molecule has 1 aromatic rings. The largest absolute Gasteiger partial charge is 0.358 e. The predicted molar refractivity (Wildman–Crippen MR) is 47.5 cm³/mol. The fraction of sp³-hybridized carbons (Fsp3) is 0.500. The number of nitrogens with zero attached hydrogens (tertiary/aromatic N) is 1. The molecule has 0 aliphatic carbocycles. The van der Waals surface area contributed by atoms with Gasteiger partial charge in [0.15, 0.2) is 0 Å². The lowest BCUT2D eigenvalue weighted by Gasteiger charge is -2.08. The highest BCUT2D eigenvalue weighted by atomic mass is 16.5. The molecular formula is C8H12N2O3. The molecule has 72 valence electrons. The van der Waals surface area contributed by atoms with Gasteiger partial charge in [-0.15, -0.1) is 0 Å². The van der Waals surface area contributed by atoms with Crippen LogP contribution in [0.25, 0.3) is 0 Å². The van der Waals surface area contributed by atoms with Crippen LogP contribution in [0, 0.1) is 0 Å². The normalized spacial score (nSPS) is 10.7. The molecule has 0 spiro atoms. The standard InChI is InChI=1S/C8H12N2O3/c1-6(2)13-5-10-4-3-7(11)9-8(10)12/h3-4,6H,5H2,1-2H3,(H,9,11,12). The van der Waals surface area contributed by atoms with E-state index in [4.69, 9.17) is 4.74 Å². The number of ether oxygens (including phenoxy) is 1. The third-order valence-electron chi connectivity index (χ3n) is 1.44. The fourth-order valence-electron chi connectivity index (χ4n) is 0.775. The Bertz CT molecular complexity index is 377. The quantitative estimate of drug-likeness (QED) is 0.714. The van der Waals surface area contributed by atoms with Gasteiger partial charge in [0.2, 0.25) is 0 Å². The maximum Gasteiger partial charge on any atom is 0.330 e. The van der Waals surface area contributed by atoms with E-state index >= 15 is 0 Å². The van der Waals surface area contributed by atoms with Crippen LogP contribution in [0.1, 0.15) is 13.8 Å². The van der Waals surface area contributed by atoms with E-state index in [1.165, 1.54) is 16.8 Å². The zero-order valence-electron chi connectivity index (χ0n) is 7.61. The van der Waals surface area contributed by atoms with Gasteiger partial charge in [-0.1, -0.05) is 0 Å². The molecule has 1 heterocycles. The topological polar surface area (TPSA) is 64.1 Å².